The summed E-state index contributed by atoms with van der Waals surface area (Å²) in [6.45, 7) is 1.56. The van der Waals surface area contributed by atoms with Crippen molar-refractivity contribution in [3.05, 3.63) is 54.0 Å². The molecule has 2 aromatic carbocycles. The van der Waals surface area contributed by atoms with E-state index >= 15 is 0 Å². The molecule has 3 aromatic rings. The summed E-state index contributed by atoms with van der Waals surface area (Å²) in [7, 11) is 4.71. The highest BCUT2D eigenvalue weighted by molar-refractivity contribution is 5.68. The van der Waals surface area contributed by atoms with E-state index in [0.29, 0.717) is 34.8 Å². The first kappa shape index (κ1) is 19.9. The van der Waals surface area contributed by atoms with Crippen LogP contribution in [-0.4, -0.2) is 49.6 Å². The molecule has 8 heteroatoms. The lowest BCUT2D eigenvalue weighted by Crippen LogP contribution is -2.22. The Kier molecular flexibility index (Phi) is 5.65. The SMILES string of the molecule is COc1cc(-c2cnnc(N3CC[C@H](c4ccc(F)cc4)C3)n2)cc(OC)c1OC. The van der Waals surface area contributed by atoms with Gasteiger partial charge in [0.15, 0.2) is 11.5 Å². The molecule has 1 atom stereocenters. The zero-order valence-electron chi connectivity index (χ0n) is 17.1. The minimum Gasteiger partial charge on any atom is -0.493 e. The van der Waals surface area contributed by atoms with Crippen LogP contribution in [0.15, 0.2) is 42.6 Å². The average Bonchev–Trinajstić information content (AvgIpc) is 3.29. The lowest BCUT2D eigenvalue weighted by atomic mass is 9.99. The van der Waals surface area contributed by atoms with Crippen molar-refractivity contribution in [1.29, 1.82) is 0 Å². The highest BCUT2D eigenvalue weighted by Gasteiger charge is 2.26. The number of hydrogen-bond acceptors (Lipinski definition) is 7. The zero-order chi connectivity index (χ0) is 21.1. The van der Waals surface area contributed by atoms with Crippen molar-refractivity contribution < 1.29 is 18.6 Å². The van der Waals surface area contributed by atoms with E-state index in [1.165, 1.54) is 12.1 Å². The van der Waals surface area contributed by atoms with Gasteiger partial charge >= 0.3 is 0 Å². The molecule has 0 bridgehead atoms. The Morgan fingerprint density at radius 1 is 1.00 bits per heavy atom. The maximum Gasteiger partial charge on any atom is 0.245 e. The molecular formula is C22H23FN4O3. The third kappa shape index (κ3) is 3.85. The van der Waals surface area contributed by atoms with Crippen molar-refractivity contribution >= 4 is 5.95 Å². The molecule has 0 spiro atoms. The van der Waals surface area contributed by atoms with Gasteiger partial charge in [-0.15, -0.1) is 5.10 Å². The predicted molar refractivity (Wildman–Crippen MR) is 111 cm³/mol. The summed E-state index contributed by atoms with van der Waals surface area (Å²) >= 11 is 0. The Labute approximate surface area is 174 Å². The monoisotopic (exact) mass is 410 g/mol. The molecule has 4 rings (SSSR count). The molecule has 0 radical (unpaired) electrons. The Morgan fingerprint density at radius 3 is 2.33 bits per heavy atom. The van der Waals surface area contributed by atoms with E-state index in [1.807, 2.05) is 24.3 Å². The number of benzene rings is 2. The number of methoxy groups -OCH3 is 3. The number of hydrogen-bond donors (Lipinski definition) is 0. The van der Waals surface area contributed by atoms with E-state index in [-0.39, 0.29) is 5.82 Å². The summed E-state index contributed by atoms with van der Waals surface area (Å²) in [6, 6.07) is 10.4. The second kappa shape index (κ2) is 8.52. The van der Waals surface area contributed by atoms with Crippen molar-refractivity contribution in [1.82, 2.24) is 15.2 Å². The number of anilines is 1. The van der Waals surface area contributed by atoms with Crippen LogP contribution in [0.25, 0.3) is 11.3 Å². The second-order valence-electron chi connectivity index (χ2n) is 7.04. The van der Waals surface area contributed by atoms with Crippen LogP contribution in [0.4, 0.5) is 10.3 Å². The van der Waals surface area contributed by atoms with Crippen LogP contribution in [0.3, 0.4) is 0 Å². The fourth-order valence-corrected chi connectivity index (χ4v) is 3.75. The minimum atomic E-state index is -0.223. The van der Waals surface area contributed by atoms with E-state index in [0.717, 1.165) is 30.6 Å². The number of ether oxygens (including phenoxy) is 3. The third-order valence-corrected chi connectivity index (χ3v) is 5.32. The summed E-state index contributed by atoms with van der Waals surface area (Å²) in [5.41, 5.74) is 2.56. The van der Waals surface area contributed by atoms with Crippen molar-refractivity contribution in [3.63, 3.8) is 0 Å². The Hall–Kier alpha value is -3.42. The van der Waals surface area contributed by atoms with Crippen molar-refractivity contribution in [2.24, 2.45) is 0 Å². The van der Waals surface area contributed by atoms with Gasteiger partial charge in [-0.2, -0.15) is 5.10 Å². The van der Waals surface area contributed by atoms with Crippen LogP contribution >= 0.6 is 0 Å². The molecule has 2 heterocycles. The summed E-state index contributed by atoms with van der Waals surface area (Å²) < 4.78 is 29.5. The van der Waals surface area contributed by atoms with Crippen LogP contribution in [0.2, 0.25) is 0 Å². The van der Waals surface area contributed by atoms with Crippen LogP contribution in [0.1, 0.15) is 17.9 Å². The van der Waals surface area contributed by atoms with Gasteiger partial charge in [-0.3, -0.25) is 0 Å². The van der Waals surface area contributed by atoms with Crippen LogP contribution < -0.4 is 19.1 Å². The van der Waals surface area contributed by atoms with Gasteiger partial charge in [0, 0.05) is 24.6 Å². The van der Waals surface area contributed by atoms with Crippen molar-refractivity contribution in [2.45, 2.75) is 12.3 Å². The van der Waals surface area contributed by atoms with Gasteiger partial charge in [-0.25, -0.2) is 9.37 Å². The Balaban J connectivity index is 1.60. The zero-order valence-corrected chi connectivity index (χ0v) is 17.1. The summed E-state index contributed by atoms with van der Waals surface area (Å²) in [5.74, 6) is 2.26. The molecule has 0 unspecified atom stereocenters. The number of halogens is 1. The summed E-state index contributed by atoms with van der Waals surface area (Å²) in [5, 5.41) is 8.38. The molecule has 0 aliphatic carbocycles. The first-order valence-corrected chi connectivity index (χ1v) is 9.63. The molecule has 1 aliphatic heterocycles. The topological polar surface area (TPSA) is 69.6 Å². The molecular weight excluding hydrogens is 387 g/mol. The fourth-order valence-electron chi connectivity index (χ4n) is 3.75. The van der Waals surface area contributed by atoms with Crippen molar-refractivity contribution in [3.8, 4) is 28.5 Å². The van der Waals surface area contributed by atoms with Crippen LogP contribution in [-0.2, 0) is 0 Å². The highest BCUT2D eigenvalue weighted by atomic mass is 19.1. The fraction of sp³-hybridized carbons (Fsp3) is 0.318. The van der Waals surface area contributed by atoms with Crippen molar-refractivity contribution in [2.75, 3.05) is 39.3 Å². The smallest absolute Gasteiger partial charge is 0.245 e. The highest BCUT2D eigenvalue weighted by Crippen LogP contribution is 2.41. The largest absolute Gasteiger partial charge is 0.493 e. The van der Waals surface area contributed by atoms with Gasteiger partial charge in [0.05, 0.1) is 33.2 Å². The van der Waals surface area contributed by atoms with E-state index < -0.39 is 0 Å². The van der Waals surface area contributed by atoms with Crippen LogP contribution in [0.5, 0.6) is 17.2 Å². The molecule has 1 fully saturated rings. The summed E-state index contributed by atoms with van der Waals surface area (Å²) in [6.07, 6.45) is 2.56. The molecule has 0 saturated carbocycles. The molecule has 1 aliphatic rings. The first-order chi connectivity index (χ1) is 14.6. The standard InChI is InChI=1S/C22H23FN4O3/c1-28-19-10-16(11-20(29-2)21(19)30-3)18-12-24-26-22(25-18)27-9-8-15(13-27)14-4-6-17(23)7-5-14/h4-7,10-12,15H,8-9,13H2,1-3H3/t15-/m0/s1. The predicted octanol–water partition coefficient (Wildman–Crippen LogP) is 3.70. The Bertz CT molecular complexity index is 1000. The quantitative estimate of drug-likeness (QED) is 0.614. The van der Waals surface area contributed by atoms with Gasteiger partial charge in [-0.1, -0.05) is 12.1 Å². The lowest BCUT2D eigenvalue weighted by Gasteiger charge is -2.17. The van der Waals surface area contributed by atoms with E-state index in [1.54, 1.807) is 27.5 Å². The molecule has 1 aromatic heterocycles. The molecule has 7 nitrogen and oxygen atoms in total. The number of nitrogens with zero attached hydrogens (tertiary/aromatic N) is 4. The Morgan fingerprint density at radius 2 is 1.70 bits per heavy atom. The first-order valence-electron chi connectivity index (χ1n) is 9.63. The van der Waals surface area contributed by atoms with Gasteiger partial charge < -0.3 is 19.1 Å². The van der Waals surface area contributed by atoms with Gasteiger partial charge in [-0.05, 0) is 36.2 Å². The van der Waals surface area contributed by atoms with Crippen LogP contribution in [0, 0.1) is 5.82 Å². The van der Waals surface area contributed by atoms with Gasteiger partial charge in [0.2, 0.25) is 11.7 Å². The van der Waals surface area contributed by atoms with E-state index in [4.69, 9.17) is 19.2 Å². The molecule has 1 saturated heterocycles. The molecule has 0 N–H and O–H groups in total. The van der Waals surface area contributed by atoms with E-state index in [2.05, 4.69) is 15.1 Å². The van der Waals surface area contributed by atoms with Gasteiger partial charge in [0.25, 0.3) is 0 Å². The molecule has 0 amide bonds. The molecule has 30 heavy (non-hydrogen) atoms. The average molecular weight is 410 g/mol. The number of aromatic nitrogens is 3. The molecule has 156 valence electrons. The van der Waals surface area contributed by atoms with Gasteiger partial charge in [0.1, 0.15) is 5.82 Å². The third-order valence-electron chi connectivity index (χ3n) is 5.32. The second-order valence-corrected chi connectivity index (χ2v) is 7.04. The summed E-state index contributed by atoms with van der Waals surface area (Å²) in [4.78, 5) is 6.81. The normalized spacial score (nSPS) is 15.9. The maximum atomic E-state index is 13.2. The minimum absolute atomic E-state index is 0.223. The van der Waals surface area contributed by atoms with E-state index in [9.17, 15) is 4.39 Å². The lowest BCUT2D eigenvalue weighted by molar-refractivity contribution is 0.324. The maximum absolute atomic E-state index is 13.2. The number of rotatable bonds is 6.